The molecule has 12 aromatic rings. The molecule has 0 bridgehead atoms. The molecular formula is C113H104N20O15. The lowest BCUT2D eigenvalue weighted by atomic mass is 10.0. The van der Waals surface area contributed by atoms with E-state index in [4.69, 9.17) is 0 Å². The summed E-state index contributed by atoms with van der Waals surface area (Å²) in [6, 6.07) is 76.9. The van der Waals surface area contributed by atoms with Crippen LogP contribution in [0.5, 0.6) is 0 Å². The molecule has 10 aliphatic rings. The fourth-order valence-corrected chi connectivity index (χ4v) is 18.5. The second-order valence-corrected chi connectivity index (χ2v) is 37.8. The van der Waals surface area contributed by atoms with E-state index in [1.54, 1.807) is 22.8 Å². The van der Waals surface area contributed by atoms with Crippen molar-refractivity contribution in [1.29, 1.82) is 0 Å². The number of aliphatic hydroxyl groups is 5. The molecule has 0 amide bonds. The molecule has 10 aliphatic heterocycles. The summed E-state index contributed by atoms with van der Waals surface area (Å²) in [7, 11) is 0. The van der Waals surface area contributed by atoms with Gasteiger partial charge in [0.25, 0.3) is 27.8 Å². The first-order chi connectivity index (χ1) is 71.0. The number of rotatable bonds is 20. The van der Waals surface area contributed by atoms with Crippen molar-refractivity contribution in [3.05, 3.63) is 424 Å². The maximum absolute atomic E-state index is 12.4. The number of nitrogens with zero attached hydrogens (tertiary/aromatic N) is 15. The molecule has 0 saturated heterocycles. The van der Waals surface area contributed by atoms with Crippen LogP contribution >= 0.6 is 0 Å². The second-order valence-electron chi connectivity index (χ2n) is 37.8. The zero-order valence-electron chi connectivity index (χ0n) is 82.5. The van der Waals surface area contributed by atoms with E-state index in [-0.39, 0.29) is 90.3 Å². The van der Waals surface area contributed by atoms with Crippen molar-refractivity contribution in [3.63, 3.8) is 0 Å². The lowest BCUT2D eigenvalue weighted by molar-refractivity contribution is 0.155. The molecule has 5 unspecified atom stereocenters. The van der Waals surface area contributed by atoms with Gasteiger partial charge in [-0.2, -0.15) is 24.9 Å². The third-order valence-corrected chi connectivity index (χ3v) is 26.0. The van der Waals surface area contributed by atoms with E-state index in [0.717, 1.165) is 116 Å². The maximum atomic E-state index is 12.4. The van der Waals surface area contributed by atoms with Crippen LogP contribution in [0.3, 0.4) is 0 Å². The highest BCUT2D eigenvalue weighted by molar-refractivity contribution is 5.87. The van der Waals surface area contributed by atoms with Crippen molar-refractivity contribution in [2.24, 2.45) is 0 Å². The van der Waals surface area contributed by atoms with Crippen LogP contribution in [0.2, 0.25) is 0 Å². The third kappa shape index (κ3) is 22.6. The largest absolute Gasteiger partial charge is 0.391 e. The van der Waals surface area contributed by atoms with Crippen LogP contribution < -0.4 is 56.2 Å². The van der Waals surface area contributed by atoms with Crippen LogP contribution in [-0.4, -0.2) is 154 Å². The van der Waals surface area contributed by atoms with Gasteiger partial charge in [-0.05, 0) is 218 Å². The second kappa shape index (κ2) is 42.7. The molecule has 5 atom stereocenters. The number of nitrogens with one attached hydrogen (secondary N) is 5. The van der Waals surface area contributed by atoms with E-state index in [9.17, 15) is 73.5 Å². The molecule has 0 aromatic heterocycles. The Morgan fingerprint density at radius 2 is 0.473 bits per heavy atom. The molecule has 0 aliphatic carbocycles. The molecular weight excluding hydrogens is 1880 g/mol. The van der Waals surface area contributed by atoms with Crippen LogP contribution in [0, 0.1) is 69.2 Å². The van der Waals surface area contributed by atoms with Crippen molar-refractivity contribution in [2.45, 2.75) is 165 Å². The molecule has 35 nitrogen and oxygen atoms in total. The van der Waals surface area contributed by atoms with Gasteiger partial charge in [0.05, 0.1) is 118 Å². The normalized spacial score (nSPS) is 12.6. The molecule has 35 heteroatoms. The van der Waals surface area contributed by atoms with E-state index in [1.165, 1.54) is 0 Å². The summed E-state index contributed by atoms with van der Waals surface area (Å²) >= 11 is 0. The Kier molecular flexibility index (Phi) is 29.0. The highest BCUT2D eigenvalue weighted by Gasteiger charge is 2.29. The van der Waals surface area contributed by atoms with Crippen LogP contribution in [0.15, 0.2) is 285 Å². The topological polar surface area (TPSA) is 504 Å². The van der Waals surface area contributed by atoms with Gasteiger partial charge in [0.2, 0.25) is 0 Å². The predicted molar refractivity (Wildman–Crippen MR) is 568 cm³/mol. The molecule has 10 heterocycles. The first kappa shape index (κ1) is 100. The zero-order valence-corrected chi connectivity index (χ0v) is 82.5. The predicted octanol–water partition coefficient (Wildman–Crippen LogP) is 11.3. The highest BCUT2D eigenvalue weighted by Crippen LogP contribution is 2.32. The molecule has 0 radical (unpaired) electrons. The smallest absolute Gasteiger partial charge is 0.349 e. The van der Waals surface area contributed by atoms with Gasteiger partial charge in [0, 0.05) is 32.1 Å². The van der Waals surface area contributed by atoms with Crippen molar-refractivity contribution < 1.29 is 25.5 Å². The molecule has 0 spiro atoms. The lowest BCUT2D eigenvalue weighted by Crippen LogP contribution is -2.30. The monoisotopic (exact) mass is 1980 g/mol. The van der Waals surface area contributed by atoms with Crippen molar-refractivity contribution in [2.75, 3.05) is 0 Å². The molecule has 22 rings (SSSR count). The molecule has 0 fully saturated rings. The quantitative estimate of drug-likeness (QED) is 0.0317. The van der Waals surface area contributed by atoms with Gasteiger partial charge in [-0.15, -0.1) is 0 Å². The Bertz CT molecular complexity index is 9350. The van der Waals surface area contributed by atoms with Crippen molar-refractivity contribution >= 4 is 76.7 Å². The summed E-state index contributed by atoms with van der Waals surface area (Å²) in [5.41, 5.74) is 16.1. The Morgan fingerprint density at radius 1 is 0.216 bits per heavy atom. The number of hydrogen-bond acceptors (Lipinski definition) is 25. The lowest BCUT2D eigenvalue weighted by Gasteiger charge is -2.20. The summed E-state index contributed by atoms with van der Waals surface area (Å²) in [5, 5.41) is 58.6. The van der Waals surface area contributed by atoms with Crippen LogP contribution in [-0.2, 0) is 64.8 Å². The Morgan fingerprint density at radius 3 is 0.811 bits per heavy atom. The maximum Gasteiger partial charge on any atom is 0.349 e. The van der Waals surface area contributed by atoms with E-state index in [1.807, 2.05) is 288 Å². The standard InChI is InChI=1S/C25H22N4O3.C24H20N4O3.C22H22N4O3.2C21H20N4O3/c1-14-9-20-21(10-15(14)2)29(23-22(26-20)24(31)28-25(32)27-23)13-19(30)12-16-7-8-17-5-3-4-6-18(17)11-16;1-14-6-9-19-20(10-14)28(22-21(25-19)23(30)27-24(31)26-22)13-18(29)12-15-7-8-16-4-2-3-5-17(16)11-15;1-12-5-4-6-15(7-12)10-16(27)11-26-18-9-14(3)13(2)8-17(18)23-19-20(26)24-22(29)25-21(19)28;1-12-3-6-14(7-4-12)10-15(26)11-25-17-8-5-13(2)9-16(17)22-18-19(25)23-21(28)24-20(18)27;1-12-3-6-14(7-4-12)10-15(26)11-25-17-9-13(2)5-8-16(17)22-18-19(25)23-21(28)24-20(18)27/h3-11,19,30H,12-13H2,1-2H3,(H,28,31,32);2-11,18,29H,12-13H2,1H3,(H,27,30,31);4-9,16,27H,10-11H2,1-3H3,(H,25,28,29);2*3-9,15,26H,10-11H2,1-2H3,(H,24,27,28). The SMILES string of the molecule is Cc1cc2nc3c(=O)[nH]c(=O)nc-3n(CC(O)Cc3ccc4ccccc4c3)c2cc1C.Cc1ccc(CC(O)Cn2c3nc(=O)[nH]c(=O)c-3nc3cc(C)ccc32)cc1.Cc1ccc(CC(O)Cn2c3nc(=O)[nH]c(=O)c-3nc3ccc(C)cc32)cc1.Cc1ccc2nc3c(=O)[nH]c(=O)nc-3n(CC(O)Cc3ccc4ccccc4c3)c2c1.Cc1cccc(CC(O)Cn2c3nc(=O)[nH]c(=O)c-3nc3cc(C)c(C)cc32)c1. The number of aromatic amines is 5. The Hall–Kier alpha value is -17.6. The number of aromatic nitrogens is 20. The minimum absolute atomic E-state index is 0.0776. The van der Waals surface area contributed by atoms with E-state index < -0.39 is 86.8 Å². The molecule has 10 N–H and O–H groups in total. The van der Waals surface area contributed by atoms with Crippen molar-refractivity contribution in [3.8, 4) is 57.6 Å². The summed E-state index contributed by atoms with van der Waals surface area (Å²) in [6.07, 6.45) is -1.52. The average molecular weight is 1980 g/mol. The molecule has 148 heavy (non-hydrogen) atoms. The minimum Gasteiger partial charge on any atom is -0.391 e. The Balaban J connectivity index is 0.000000121. The van der Waals surface area contributed by atoms with Crippen molar-refractivity contribution in [1.82, 2.24) is 97.6 Å². The zero-order chi connectivity index (χ0) is 104. The highest BCUT2D eigenvalue weighted by atomic mass is 16.3. The molecule has 0 saturated carbocycles. The third-order valence-electron chi connectivity index (χ3n) is 26.0. The first-order valence-electron chi connectivity index (χ1n) is 48.1. The number of fused-ring (bicyclic) bond motifs is 12. The summed E-state index contributed by atoms with van der Waals surface area (Å²) in [4.78, 5) is 174. The molecule has 12 aromatic carbocycles. The van der Waals surface area contributed by atoms with Gasteiger partial charge < -0.3 is 48.4 Å². The summed E-state index contributed by atoms with van der Waals surface area (Å²) in [6.45, 7) is 20.7. The number of hydrogen-bond donors (Lipinski definition) is 10. The number of H-pyrrole nitrogens is 5. The average Bonchev–Trinajstić information content (AvgIpc) is 0.768. The summed E-state index contributed by atoms with van der Waals surface area (Å²) < 4.78 is 8.58. The van der Waals surface area contributed by atoms with E-state index >= 15 is 0 Å². The van der Waals surface area contributed by atoms with Crippen LogP contribution in [0.4, 0.5) is 0 Å². The number of aryl methyl sites for hydroxylation is 10. The van der Waals surface area contributed by atoms with Crippen LogP contribution in [0.25, 0.3) is 134 Å². The van der Waals surface area contributed by atoms with Gasteiger partial charge >= 0.3 is 28.4 Å². The van der Waals surface area contributed by atoms with Crippen LogP contribution in [0.1, 0.15) is 83.5 Å². The van der Waals surface area contributed by atoms with Gasteiger partial charge in [-0.25, -0.2) is 48.9 Å². The fraction of sp³-hybridized carbons (Fsp3) is 0.221. The van der Waals surface area contributed by atoms with Gasteiger partial charge in [-0.3, -0.25) is 48.9 Å². The first-order valence-corrected chi connectivity index (χ1v) is 48.1. The number of benzene rings is 12. The van der Waals surface area contributed by atoms with Gasteiger partial charge in [0.15, 0.2) is 57.6 Å². The van der Waals surface area contributed by atoms with E-state index in [2.05, 4.69) is 93.0 Å². The van der Waals surface area contributed by atoms with E-state index in [0.29, 0.717) is 76.2 Å². The molecule has 746 valence electrons. The Labute approximate surface area is 841 Å². The minimum atomic E-state index is -0.757. The summed E-state index contributed by atoms with van der Waals surface area (Å²) in [5.74, 6) is 0.872. The number of aliphatic hydroxyl groups excluding tert-OH is 5. The van der Waals surface area contributed by atoms with Gasteiger partial charge in [-0.1, -0.05) is 193 Å². The van der Waals surface area contributed by atoms with Gasteiger partial charge in [0.1, 0.15) is 0 Å². The fourth-order valence-electron chi connectivity index (χ4n) is 18.5.